The monoisotopic (exact) mass is 202 g/mol. The van der Waals surface area contributed by atoms with E-state index in [-0.39, 0.29) is 18.2 Å². The van der Waals surface area contributed by atoms with E-state index in [4.69, 9.17) is 0 Å². The summed E-state index contributed by atoms with van der Waals surface area (Å²) in [5.74, 6) is -0.528. The average molecular weight is 202 g/mol. The highest BCUT2D eigenvalue weighted by Gasteiger charge is 2.26. The van der Waals surface area contributed by atoms with Crippen LogP contribution in [0.1, 0.15) is 18.9 Å². The number of nitrogens with one attached hydrogen (secondary N) is 1. The molecule has 2 heterocycles. The number of nitrogens with zero attached hydrogens (tertiary/aromatic N) is 1. The van der Waals surface area contributed by atoms with Crippen molar-refractivity contribution in [3.05, 3.63) is 35.7 Å². The number of carbonyl (C=O) groups excluding carboxylic acids is 2. The zero-order valence-corrected chi connectivity index (χ0v) is 8.28. The number of rotatable bonds is 1. The Bertz CT molecular complexity index is 449. The van der Waals surface area contributed by atoms with Gasteiger partial charge in [-0.05, 0) is 24.1 Å². The lowest BCUT2D eigenvalue weighted by molar-refractivity contribution is -0.124. The van der Waals surface area contributed by atoms with Gasteiger partial charge in [0.1, 0.15) is 0 Å². The second-order valence-corrected chi connectivity index (χ2v) is 3.40. The highest BCUT2D eigenvalue weighted by atomic mass is 16.2. The van der Waals surface area contributed by atoms with E-state index in [1.54, 1.807) is 18.5 Å². The molecule has 1 fully saturated rings. The lowest BCUT2D eigenvalue weighted by Gasteiger charge is -2.02. The van der Waals surface area contributed by atoms with E-state index in [1.165, 1.54) is 0 Å². The fraction of sp³-hybridized carbons (Fsp3) is 0.182. The zero-order valence-electron chi connectivity index (χ0n) is 8.28. The molecule has 1 saturated heterocycles. The Kier molecular flexibility index (Phi) is 2.33. The number of carbonyl (C=O) groups is 2. The van der Waals surface area contributed by atoms with Crippen molar-refractivity contribution in [1.82, 2.24) is 10.3 Å². The van der Waals surface area contributed by atoms with Gasteiger partial charge in [-0.2, -0.15) is 0 Å². The van der Waals surface area contributed by atoms with Crippen molar-refractivity contribution in [3.63, 3.8) is 0 Å². The Morgan fingerprint density at radius 1 is 1.47 bits per heavy atom. The van der Waals surface area contributed by atoms with Crippen LogP contribution in [-0.4, -0.2) is 16.8 Å². The molecule has 2 amide bonds. The minimum Gasteiger partial charge on any atom is -0.292 e. The molecule has 0 unspecified atom stereocenters. The topological polar surface area (TPSA) is 59.1 Å². The number of allylic oxidation sites excluding steroid dienone is 1. The first-order chi connectivity index (χ1) is 7.18. The molecule has 1 aliphatic heterocycles. The summed E-state index contributed by atoms with van der Waals surface area (Å²) in [4.78, 5) is 26.4. The van der Waals surface area contributed by atoms with Gasteiger partial charge >= 0.3 is 0 Å². The number of imide groups is 1. The van der Waals surface area contributed by atoms with E-state index < -0.39 is 0 Å². The van der Waals surface area contributed by atoms with Crippen LogP contribution in [-0.2, 0) is 9.59 Å². The minimum atomic E-state index is -0.290. The molecule has 0 spiro atoms. The summed E-state index contributed by atoms with van der Waals surface area (Å²) in [6, 6.07) is 3.67. The normalized spacial score (nSPS) is 19.0. The van der Waals surface area contributed by atoms with Gasteiger partial charge in [0.2, 0.25) is 5.91 Å². The van der Waals surface area contributed by atoms with Gasteiger partial charge in [-0.25, -0.2) is 0 Å². The van der Waals surface area contributed by atoms with Crippen molar-refractivity contribution in [3.8, 4) is 0 Å². The highest BCUT2D eigenvalue weighted by molar-refractivity contribution is 6.17. The predicted octanol–water partition coefficient (Wildman–Crippen LogP) is 0.902. The summed E-state index contributed by atoms with van der Waals surface area (Å²) >= 11 is 0. The number of amides is 2. The molecular formula is C11H10N2O2. The standard InChI is InChI=1S/C11H10N2O2/c1-7(8-3-2-4-12-6-8)9-5-10(14)13-11(9)15/h2-4,6H,5H2,1H3,(H,13,14,15). The molecule has 1 aromatic rings. The Morgan fingerprint density at radius 3 is 2.80 bits per heavy atom. The third-order valence-electron chi connectivity index (χ3n) is 2.41. The maximum atomic E-state index is 11.4. The van der Waals surface area contributed by atoms with Crippen molar-refractivity contribution in [2.45, 2.75) is 13.3 Å². The van der Waals surface area contributed by atoms with Gasteiger partial charge in [0.25, 0.3) is 5.91 Å². The summed E-state index contributed by atoms with van der Waals surface area (Å²) in [5.41, 5.74) is 2.22. The predicted molar refractivity (Wildman–Crippen MR) is 54.6 cm³/mol. The first kappa shape index (κ1) is 9.58. The third-order valence-corrected chi connectivity index (χ3v) is 2.41. The molecule has 4 nitrogen and oxygen atoms in total. The second-order valence-electron chi connectivity index (χ2n) is 3.40. The molecule has 0 aromatic carbocycles. The van der Waals surface area contributed by atoms with Crippen molar-refractivity contribution >= 4 is 17.4 Å². The van der Waals surface area contributed by atoms with Gasteiger partial charge in [0.15, 0.2) is 0 Å². The number of aromatic nitrogens is 1. The zero-order chi connectivity index (χ0) is 10.8. The lowest BCUT2D eigenvalue weighted by atomic mass is 10.0. The van der Waals surface area contributed by atoms with E-state index >= 15 is 0 Å². The number of pyridine rings is 1. The molecule has 1 N–H and O–H groups in total. The van der Waals surface area contributed by atoms with Crippen LogP contribution in [0.2, 0.25) is 0 Å². The summed E-state index contributed by atoms with van der Waals surface area (Å²) in [6.07, 6.45) is 3.51. The fourth-order valence-corrected chi connectivity index (χ4v) is 1.55. The van der Waals surface area contributed by atoms with E-state index in [0.29, 0.717) is 5.57 Å². The Labute approximate surface area is 87.0 Å². The minimum absolute atomic E-state index is 0.166. The van der Waals surface area contributed by atoms with Gasteiger partial charge in [-0.1, -0.05) is 6.07 Å². The van der Waals surface area contributed by atoms with Crippen LogP contribution in [0.15, 0.2) is 30.1 Å². The average Bonchev–Trinajstić information content (AvgIpc) is 2.58. The van der Waals surface area contributed by atoms with Crippen LogP contribution in [0.5, 0.6) is 0 Å². The van der Waals surface area contributed by atoms with Gasteiger partial charge in [-0.15, -0.1) is 0 Å². The molecule has 2 rings (SSSR count). The van der Waals surface area contributed by atoms with E-state index in [9.17, 15) is 9.59 Å². The molecule has 0 saturated carbocycles. The quantitative estimate of drug-likeness (QED) is 0.543. The molecule has 0 atom stereocenters. The molecule has 0 aliphatic carbocycles. The first-order valence-electron chi connectivity index (χ1n) is 4.63. The summed E-state index contributed by atoms with van der Waals surface area (Å²) in [5, 5.41) is 2.26. The summed E-state index contributed by atoms with van der Waals surface area (Å²) < 4.78 is 0. The molecule has 1 aromatic heterocycles. The molecule has 0 radical (unpaired) electrons. The van der Waals surface area contributed by atoms with E-state index in [2.05, 4.69) is 10.3 Å². The van der Waals surface area contributed by atoms with E-state index in [1.807, 2.05) is 13.0 Å². The van der Waals surface area contributed by atoms with Crippen LogP contribution in [0.25, 0.3) is 5.57 Å². The maximum absolute atomic E-state index is 11.4. The molecule has 0 bridgehead atoms. The SMILES string of the molecule is CC(=C1CC(=O)NC1=O)c1cccnc1. The van der Waals surface area contributed by atoms with Crippen LogP contribution in [0.4, 0.5) is 0 Å². The van der Waals surface area contributed by atoms with E-state index in [0.717, 1.165) is 11.1 Å². The molecule has 1 aliphatic rings. The Hall–Kier alpha value is -1.97. The Morgan fingerprint density at radius 2 is 2.27 bits per heavy atom. The molecule has 76 valence electrons. The van der Waals surface area contributed by atoms with Crippen LogP contribution in [0.3, 0.4) is 0 Å². The van der Waals surface area contributed by atoms with Gasteiger partial charge in [-0.3, -0.25) is 19.9 Å². The van der Waals surface area contributed by atoms with Gasteiger partial charge < -0.3 is 0 Å². The smallest absolute Gasteiger partial charge is 0.254 e. The van der Waals surface area contributed by atoms with Crippen molar-refractivity contribution in [2.75, 3.05) is 0 Å². The number of hydrogen-bond donors (Lipinski definition) is 1. The molecule has 15 heavy (non-hydrogen) atoms. The first-order valence-corrected chi connectivity index (χ1v) is 4.63. The summed E-state index contributed by atoms with van der Waals surface area (Å²) in [6.45, 7) is 1.82. The van der Waals surface area contributed by atoms with Crippen molar-refractivity contribution in [1.29, 1.82) is 0 Å². The third kappa shape index (κ3) is 1.79. The van der Waals surface area contributed by atoms with Crippen LogP contribution < -0.4 is 5.32 Å². The van der Waals surface area contributed by atoms with Gasteiger partial charge in [0, 0.05) is 18.0 Å². The van der Waals surface area contributed by atoms with Crippen LogP contribution >= 0.6 is 0 Å². The second kappa shape index (κ2) is 3.65. The van der Waals surface area contributed by atoms with Crippen molar-refractivity contribution in [2.24, 2.45) is 0 Å². The fourth-order valence-electron chi connectivity index (χ4n) is 1.55. The summed E-state index contributed by atoms with van der Waals surface area (Å²) in [7, 11) is 0. The van der Waals surface area contributed by atoms with Crippen LogP contribution in [0, 0.1) is 0 Å². The van der Waals surface area contributed by atoms with Crippen molar-refractivity contribution < 1.29 is 9.59 Å². The highest BCUT2D eigenvalue weighted by Crippen LogP contribution is 2.22. The Balaban J connectivity index is 2.42. The number of hydrogen-bond acceptors (Lipinski definition) is 3. The lowest BCUT2D eigenvalue weighted by Crippen LogP contribution is -2.19. The van der Waals surface area contributed by atoms with Gasteiger partial charge in [0.05, 0.1) is 6.42 Å². The molecular weight excluding hydrogens is 192 g/mol. The maximum Gasteiger partial charge on any atom is 0.254 e. The molecule has 4 heteroatoms. The largest absolute Gasteiger partial charge is 0.292 e.